The van der Waals surface area contributed by atoms with Crippen LogP contribution in [0.1, 0.15) is 39.9 Å². The topological polar surface area (TPSA) is 32.3 Å². The Morgan fingerprint density at radius 3 is 2.18 bits per heavy atom. The molecule has 3 nitrogen and oxygen atoms in total. The molecular formula is C31H32N2O. The monoisotopic (exact) mass is 448 g/mol. The number of amides is 1. The van der Waals surface area contributed by atoms with Crippen molar-refractivity contribution in [1.29, 1.82) is 0 Å². The van der Waals surface area contributed by atoms with Crippen molar-refractivity contribution in [2.24, 2.45) is 5.92 Å². The van der Waals surface area contributed by atoms with Crippen molar-refractivity contribution in [3.63, 3.8) is 0 Å². The minimum atomic E-state index is -0.0264. The van der Waals surface area contributed by atoms with E-state index in [1.165, 1.54) is 41.2 Å². The number of hydrogen-bond acceptors (Lipinski definition) is 2. The summed E-state index contributed by atoms with van der Waals surface area (Å²) in [7, 11) is 0. The van der Waals surface area contributed by atoms with E-state index in [4.69, 9.17) is 0 Å². The van der Waals surface area contributed by atoms with Gasteiger partial charge in [0.05, 0.1) is 0 Å². The zero-order chi connectivity index (χ0) is 23.2. The van der Waals surface area contributed by atoms with E-state index in [-0.39, 0.29) is 5.91 Å². The molecule has 0 aromatic heterocycles. The van der Waals surface area contributed by atoms with Crippen LogP contribution in [0.15, 0.2) is 97.1 Å². The molecule has 0 atom stereocenters. The molecule has 0 saturated carbocycles. The molecule has 172 valence electrons. The molecule has 1 saturated heterocycles. The van der Waals surface area contributed by atoms with Gasteiger partial charge in [-0.3, -0.25) is 9.69 Å². The van der Waals surface area contributed by atoms with Gasteiger partial charge in [0.25, 0.3) is 5.91 Å². The number of likely N-dealkylation sites (tertiary alicyclic amines) is 1. The average Bonchev–Trinajstić information content (AvgIpc) is 2.89. The van der Waals surface area contributed by atoms with Gasteiger partial charge in [0.2, 0.25) is 0 Å². The summed E-state index contributed by atoms with van der Waals surface area (Å²) in [5.41, 5.74) is 4.55. The molecule has 1 heterocycles. The lowest BCUT2D eigenvalue weighted by atomic mass is 9.90. The van der Waals surface area contributed by atoms with E-state index < -0.39 is 0 Å². The second-order valence-electron chi connectivity index (χ2n) is 9.47. The highest BCUT2D eigenvalue weighted by Crippen LogP contribution is 2.23. The van der Waals surface area contributed by atoms with E-state index >= 15 is 0 Å². The van der Waals surface area contributed by atoms with Gasteiger partial charge < -0.3 is 5.32 Å². The second-order valence-corrected chi connectivity index (χ2v) is 9.47. The number of hydrogen-bond donors (Lipinski definition) is 1. The quantitative estimate of drug-likeness (QED) is 0.364. The number of fused-ring (bicyclic) bond motifs is 1. The summed E-state index contributed by atoms with van der Waals surface area (Å²) in [4.78, 5) is 15.2. The summed E-state index contributed by atoms with van der Waals surface area (Å²) >= 11 is 0. The third-order valence-corrected chi connectivity index (χ3v) is 6.96. The van der Waals surface area contributed by atoms with E-state index in [1.54, 1.807) is 0 Å². The summed E-state index contributed by atoms with van der Waals surface area (Å²) in [6.07, 6.45) is 3.70. The Bertz CT molecular complexity index is 1230. The van der Waals surface area contributed by atoms with E-state index in [2.05, 4.69) is 83.0 Å². The molecule has 1 N–H and O–H groups in total. The van der Waals surface area contributed by atoms with Gasteiger partial charge >= 0.3 is 0 Å². The van der Waals surface area contributed by atoms with Crippen molar-refractivity contribution in [2.75, 3.05) is 13.1 Å². The van der Waals surface area contributed by atoms with Crippen LogP contribution in [0.5, 0.6) is 0 Å². The van der Waals surface area contributed by atoms with Crippen LogP contribution in [0.25, 0.3) is 10.8 Å². The van der Waals surface area contributed by atoms with Gasteiger partial charge in [0.1, 0.15) is 0 Å². The highest BCUT2D eigenvalue weighted by Gasteiger charge is 2.19. The summed E-state index contributed by atoms with van der Waals surface area (Å²) < 4.78 is 0. The number of carbonyl (C=O) groups excluding carboxylic acids is 1. The number of nitrogens with zero attached hydrogens (tertiary/aromatic N) is 1. The van der Waals surface area contributed by atoms with Crippen molar-refractivity contribution < 1.29 is 4.79 Å². The van der Waals surface area contributed by atoms with Crippen molar-refractivity contribution in [2.45, 2.75) is 32.4 Å². The molecule has 1 amide bonds. The largest absolute Gasteiger partial charge is 0.348 e. The lowest BCUT2D eigenvalue weighted by Crippen LogP contribution is -2.33. The first-order chi connectivity index (χ1) is 16.7. The van der Waals surface area contributed by atoms with Crippen molar-refractivity contribution in [3.8, 4) is 0 Å². The Hall–Kier alpha value is -3.43. The van der Waals surface area contributed by atoms with Crippen LogP contribution in [0.2, 0.25) is 0 Å². The van der Waals surface area contributed by atoms with Crippen molar-refractivity contribution in [1.82, 2.24) is 10.2 Å². The highest BCUT2D eigenvalue weighted by molar-refractivity contribution is 5.94. The third kappa shape index (κ3) is 5.73. The Kier molecular flexibility index (Phi) is 7.02. The second kappa shape index (κ2) is 10.7. The smallest absolute Gasteiger partial charge is 0.251 e. The molecule has 0 unspecified atom stereocenters. The molecule has 3 heteroatoms. The summed E-state index contributed by atoms with van der Waals surface area (Å²) in [6, 6.07) is 33.6. The molecule has 0 bridgehead atoms. The van der Waals surface area contributed by atoms with Crippen LogP contribution in [-0.2, 0) is 19.5 Å². The maximum absolute atomic E-state index is 12.6. The normalized spacial score (nSPS) is 14.8. The van der Waals surface area contributed by atoms with Gasteiger partial charge in [-0.25, -0.2) is 0 Å². The first kappa shape index (κ1) is 22.4. The Labute approximate surface area is 202 Å². The molecule has 4 aromatic carbocycles. The SMILES string of the molecule is O=C(NCc1ccc2ccccc2c1)c1ccc(CN2CCC(Cc3ccccc3)CC2)cc1. The van der Waals surface area contributed by atoms with Gasteiger partial charge in [0, 0.05) is 18.7 Å². The van der Waals surface area contributed by atoms with Crippen LogP contribution in [0, 0.1) is 5.92 Å². The predicted molar refractivity (Wildman–Crippen MR) is 140 cm³/mol. The van der Waals surface area contributed by atoms with Gasteiger partial charge in [0.15, 0.2) is 0 Å². The Balaban J connectivity index is 1.09. The molecule has 0 aliphatic carbocycles. The molecular weight excluding hydrogens is 416 g/mol. The fourth-order valence-electron chi connectivity index (χ4n) is 4.95. The predicted octanol–water partition coefficient (Wildman–Crippen LogP) is 6.22. The number of benzene rings is 4. The van der Waals surface area contributed by atoms with Crippen molar-refractivity contribution >= 4 is 16.7 Å². The van der Waals surface area contributed by atoms with Gasteiger partial charge in [-0.1, -0.05) is 78.9 Å². The Morgan fingerprint density at radius 1 is 0.735 bits per heavy atom. The first-order valence-electron chi connectivity index (χ1n) is 12.3. The minimum Gasteiger partial charge on any atom is -0.348 e. The summed E-state index contributed by atoms with van der Waals surface area (Å²) in [5, 5.41) is 5.47. The molecule has 4 aromatic rings. The minimum absolute atomic E-state index is 0.0264. The molecule has 0 spiro atoms. The lowest BCUT2D eigenvalue weighted by Gasteiger charge is -2.32. The third-order valence-electron chi connectivity index (χ3n) is 6.96. The van der Waals surface area contributed by atoms with Crippen LogP contribution >= 0.6 is 0 Å². The van der Waals surface area contributed by atoms with E-state index in [0.717, 1.165) is 31.1 Å². The average molecular weight is 449 g/mol. The molecule has 1 aliphatic rings. The van der Waals surface area contributed by atoms with Crippen LogP contribution < -0.4 is 5.32 Å². The number of piperidine rings is 1. The number of rotatable bonds is 7. The van der Waals surface area contributed by atoms with Crippen LogP contribution in [0.4, 0.5) is 0 Å². The fourth-order valence-corrected chi connectivity index (χ4v) is 4.95. The van der Waals surface area contributed by atoms with Crippen LogP contribution in [-0.4, -0.2) is 23.9 Å². The maximum atomic E-state index is 12.6. The fraction of sp³-hybridized carbons (Fsp3) is 0.258. The first-order valence-corrected chi connectivity index (χ1v) is 12.3. The van der Waals surface area contributed by atoms with E-state index in [0.29, 0.717) is 12.1 Å². The molecule has 5 rings (SSSR count). The highest BCUT2D eigenvalue weighted by atomic mass is 16.1. The Morgan fingerprint density at radius 2 is 1.41 bits per heavy atom. The number of nitrogens with one attached hydrogen (secondary N) is 1. The molecule has 1 fully saturated rings. The molecule has 0 radical (unpaired) electrons. The van der Waals surface area contributed by atoms with E-state index in [9.17, 15) is 4.79 Å². The maximum Gasteiger partial charge on any atom is 0.251 e. The van der Waals surface area contributed by atoms with E-state index in [1.807, 2.05) is 24.3 Å². The van der Waals surface area contributed by atoms with Gasteiger partial charge in [-0.15, -0.1) is 0 Å². The zero-order valence-electron chi connectivity index (χ0n) is 19.6. The number of carbonyl (C=O) groups is 1. The summed E-state index contributed by atoms with van der Waals surface area (Å²) in [6.45, 7) is 3.78. The standard InChI is InChI=1S/C31H32N2O/c34-31(32-22-27-12-13-28-8-4-5-9-30(28)21-27)29-14-10-26(11-15-29)23-33-18-16-25(17-19-33)20-24-6-2-1-3-7-24/h1-15,21,25H,16-20,22-23H2,(H,32,34). The van der Waals surface area contributed by atoms with Gasteiger partial charge in [-0.2, -0.15) is 0 Å². The van der Waals surface area contributed by atoms with Crippen LogP contribution in [0.3, 0.4) is 0 Å². The summed E-state index contributed by atoms with van der Waals surface area (Å²) in [5.74, 6) is 0.758. The molecule has 1 aliphatic heterocycles. The van der Waals surface area contributed by atoms with Crippen molar-refractivity contribution in [3.05, 3.63) is 119 Å². The van der Waals surface area contributed by atoms with Gasteiger partial charge in [-0.05, 0) is 83.9 Å². The zero-order valence-corrected chi connectivity index (χ0v) is 19.6. The lowest BCUT2D eigenvalue weighted by molar-refractivity contribution is 0.0951. The molecule has 34 heavy (non-hydrogen) atoms.